The van der Waals surface area contributed by atoms with Gasteiger partial charge in [0.2, 0.25) is 0 Å². The van der Waals surface area contributed by atoms with Crippen molar-refractivity contribution in [1.29, 1.82) is 0 Å². The quantitative estimate of drug-likeness (QED) is 0.778. The van der Waals surface area contributed by atoms with Gasteiger partial charge in [0, 0.05) is 6.20 Å². The summed E-state index contributed by atoms with van der Waals surface area (Å²) in [5, 5.41) is 0. The van der Waals surface area contributed by atoms with Gasteiger partial charge in [0.1, 0.15) is 5.75 Å². The van der Waals surface area contributed by atoms with E-state index >= 15 is 0 Å². The molecule has 0 saturated carbocycles. The molecule has 0 aliphatic carbocycles. The van der Waals surface area contributed by atoms with Gasteiger partial charge in [-0.2, -0.15) is 0 Å². The molecule has 0 radical (unpaired) electrons. The maximum atomic E-state index is 12.3. The maximum absolute atomic E-state index is 12.3. The highest BCUT2D eigenvalue weighted by Crippen LogP contribution is 2.26. The van der Waals surface area contributed by atoms with Gasteiger partial charge in [0.05, 0.1) is 23.8 Å². The van der Waals surface area contributed by atoms with Gasteiger partial charge in [-0.05, 0) is 25.5 Å². The molecule has 0 aliphatic heterocycles. The number of ether oxygens (including phenoxy) is 1. The molecule has 94 valence electrons. The van der Waals surface area contributed by atoms with Crippen LogP contribution in [-0.4, -0.2) is 17.3 Å². The summed E-state index contributed by atoms with van der Waals surface area (Å²) in [5.41, 5.74) is 1.46. The number of aromatic nitrogens is 1. The highest BCUT2D eigenvalue weighted by atomic mass is 16.5. The van der Waals surface area contributed by atoms with E-state index < -0.39 is 0 Å². The zero-order chi connectivity index (χ0) is 13.3. The molecule has 0 saturated heterocycles. The molecule has 0 unspecified atom stereocenters. The van der Waals surface area contributed by atoms with Gasteiger partial charge in [-0.3, -0.25) is 14.0 Å². The lowest BCUT2D eigenvalue weighted by Gasteiger charge is -2.14. The molecule has 0 bridgehead atoms. The van der Waals surface area contributed by atoms with Gasteiger partial charge in [-0.1, -0.05) is 13.0 Å². The van der Waals surface area contributed by atoms with E-state index in [4.69, 9.17) is 4.74 Å². The predicted octanol–water partition coefficient (Wildman–Crippen LogP) is 2.07. The van der Waals surface area contributed by atoms with Crippen LogP contribution in [0.15, 0.2) is 29.2 Å². The van der Waals surface area contributed by atoms with Crippen LogP contribution in [0.4, 0.5) is 0 Å². The van der Waals surface area contributed by atoms with E-state index in [2.05, 4.69) is 0 Å². The number of Topliss-reactive ketones (excluding diaryl/α,β-unsaturated/α-hetero) is 1. The second-order valence-corrected chi connectivity index (χ2v) is 4.06. The zero-order valence-electron chi connectivity index (χ0n) is 10.7. The monoisotopic (exact) mass is 245 g/mol. The van der Waals surface area contributed by atoms with Crippen LogP contribution in [0, 0.1) is 0 Å². The Morgan fingerprint density at radius 1 is 1.39 bits per heavy atom. The molecular formula is C14H15NO3. The van der Waals surface area contributed by atoms with Crippen LogP contribution in [0.5, 0.6) is 5.75 Å². The molecular weight excluding hydrogens is 230 g/mol. The lowest BCUT2D eigenvalue weighted by atomic mass is 10.0. The minimum absolute atomic E-state index is 0.106. The van der Waals surface area contributed by atoms with E-state index in [1.807, 2.05) is 6.92 Å². The Bertz CT molecular complexity index is 671. The average molecular weight is 245 g/mol. The lowest BCUT2D eigenvalue weighted by Crippen LogP contribution is -2.22. The normalized spacial score (nSPS) is 10.6. The summed E-state index contributed by atoms with van der Waals surface area (Å²) in [4.78, 5) is 24.1. The second-order valence-electron chi connectivity index (χ2n) is 4.06. The van der Waals surface area contributed by atoms with Crippen LogP contribution in [0.2, 0.25) is 0 Å². The molecule has 2 heterocycles. The van der Waals surface area contributed by atoms with E-state index in [0.29, 0.717) is 28.8 Å². The number of hydrogen-bond acceptors (Lipinski definition) is 3. The summed E-state index contributed by atoms with van der Waals surface area (Å²) in [6, 6.07) is 5.32. The third-order valence-electron chi connectivity index (χ3n) is 3.00. The van der Waals surface area contributed by atoms with E-state index in [1.165, 1.54) is 18.4 Å². The minimum atomic E-state index is -0.130. The number of nitrogens with zero attached hydrogens (tertiary/aromatic N) is 1. The number of fused-ring (bicyclic) bond motifs is 1. The number of ketones is 1. The fourth-order valence-corrected chi connectivity index (χ4v) is 2.21. The summed E-state index contributed by atoms with van der Waals surface area (Å²) in [7, 11) is 1.49. The molecule has 2 aromatic heterocycles. The number of methoxy groups -OCH3 is 1. The van der Waals surface area contributed by atoms with Crippen molar-refractivity contribution < 1.29 is 9.53 Å². The maximum Gasteiger partial charge on any atom is 0.262 e. The van der Waals surface area contributed by atoms with E-state index in [0.717, 1.165) is 0 Å². The van der Waals surface area contributed by atoms with Gasteiger partial charge < -0.3 is 4.74 Å². The fraction of sp³-hybridized carbons (Fsp3) is 0.286. The van der Waals surface area contributed by atoms with Crippen molar-refractivity contribution in [2.75, 3.05) is 7.11 Å². The van der Waals surface area contributed by atoms with E-state index in [1.54, 1.807) is 24.4 Å². The minimum Gasteiger partial charge on any atom is -0.495 e. The highest BCUT2D eigenvalue weighted by Gasteiger charge is 2.19. The molecule has 0 aromatic carbocycles. The third kappa shape index (κ3) is 1.70. The van der Waals surface area contributed by atoms with Crippen molar-refractivity contribution in [3.8, 4) is 5.75 Å². The molecule has 2 aromatic rings. The number of hydrogen-bond donors (Lipinski definition) is 0. The Labute approximate surface area is 105 Å². The Kier molecular flexibility index (Phi) is 3.19. The first-order valence-corrected chi connectivity index (χ1v) is 5.83. The number of carbonyl (C=O) groups excluding carboxylic acids is 1. The number of pyridine rings is 2. The average Bonchev–Trinajstić information content (AvgIpc) is 2.38. The Morgan fingerprint density at radius 3 is 2.67 bits per heavy atom. The largest absolute Gasteiger partial charge is 0.495 e. The molecule has 0 atom stereocenters. The van der Waals surface area contributed by atoms with Crippen LogP contribution in [0.3, 0.4) is 0 Å². The van der Waals surface area contributed by atoms with Crippen molar-refractivity contribution in [2.45, 2.75) is 20.3 Å². The topological polar surface area (TPSA) is 47.8 Å². The molecule has 18 heavy (non-hydrogen) atoms. The van der Waals surface area contributed by atoms with Gasteiger partial charge in [0.15, 0.2) is 5.78 Å². The molecule has 4 heteroatoms. The van der Waals surface area contributed by atoms with Crippen molar-refractivity contribution in [3.63, 3.8) is 0 Å². The zero-order valence-corrected chi connectivity index (χ0v) is 10.7. The Hall–Kier alpha value is -2.10. The van der Waals surface area contributed by atoms with Gasteiger partial charge in [-0.15, -0.1) is 0 Å². The standard InChI is InChI=1S/C14H15NO3/c1-4-10-13(18-3)12(9(2)16)11-7-5-6-8-15(11)14(10)17/h5-8H,4H2,1-3H3. The van der Waals surface area contributed by atoms with E-state index in [-0.39, 0.29) is 11.3 Å². The highest BCUT2D eigenvalue weighted by molar-refractivity contribution is 6.03. The first-order valence-electron chi connectivity index (χ1n) is 5.83. The molecule has 0 amide bonds. The fourth-order valence-electron chi connectivity index (χ4n) is 2.21. The van der Waals surface area contributed by atoms with Crippen molar-refractivity contribution in [3.05, 3.63) is 45.9 Å². The molecule has 0 spiro atoms. The van der Waals surface area contributed by atoms with Crippen molar-refractivity contribution in [2.24, 2.45) is 0 Å². The summed E-state index contributed by atoms with van der Waals surface area (Å²) in [6.45, 7) is 3.35. The van der Waals surface area contributed by atoms with E-state index in [9.17, 15) is 9.59 Å². The van der Waals surface area contributed by atoms with Crippen molar-refractivity contribution >= 4 is 11.3 Å². The number of rotatable bonds is 3. The Morgan fingerprint density at radius 2 is 2.11 bits per heavy atom. The Balaban J connectivity index is 3.06. The summed E-state index contributed by atoms with van der Waals surface area (Å²) >= 11 is 0. The predicted molar refractivity (Wildman–Crippen MR) is 69.6 cm³/mol. The van der Waals surface area contributed by atoms with Crippen molar-refractivity contribution in [1.82, 2.24) is 4.40 Å². The SMILES string of the molecule is CCc1c(OC)c(C(C)=O)c2ccccn2c1=O. The summed E-state index contributed by atoms with van der Waals surface area (Å²) in [5.74, 6) is 0.298. The third-order valence-corrected chi connectivity index (χ3v) is 3.00. The van der Waals surface area contributed by atoms with Gasteiger partial charge >= 0.3 is 0 Å². The molecule has 0 aliphatic rings. The van der Waals surface area contributed by atoms with Crippen LogP contribution in [-0.2, 0) is 6.42 Å². The summed E-state index contributed by atoms with van der Waals surface area (Å²) < 4.78 is 6.78. The number of carbonyl (C=O) groups is 1. The van der Waals surface area contributed by atoms with Crippen LogP contribution >= 0.6 is 0 Å². The first-order chi connectivity index (χ1) is 8.61. The van der Waals surface area contributed by atoms with Gasteiger partial charge in [-0.25, -0.2) is 0 Å². The summed E-state index contributed by atoms with van der Waals surface area (Å²) in [6.07, 6.45) is 2.20. The van der Waals surface area contributed by atoms with Crippen LogP contribution < -0.4 is 10.3 Å². The first kappa shape index (κ1) is 12.4. The molecule has 2 rings (SSSR count). The van der Waals surface area contributed by atoms with Crippen LogP contribution in [0.1, 0.15) is 29.8 Å². The smallest absolute Gasteiger partial charge is 0.262 e. The lowest BCUT2D eigenvalue weighted by molar-refractivity contribution is 0.101. The molecule has 0 N–H and O–H groups in total. The second kappa shape index (κ2) is 4.64. The molecule has 4 nitrogen and oxygen atoms in total. The van der Waals surface area contributed by atoms with Crippen LogP contribution in [0.25, 0.3) is 5.52 Å². The van der Waals surface area contributed by atoms with Gasteiger partial charge in [0.25, 0.3) is 5.56 Å². The molecule has 0 fully saturated rings.